The van der Waals surface area contributed by atoms with E-state index in [-0.39, 0.29) is 5.69 Å². The monoisotopic (exact) mass is 531 g/mol. The SMILES string of the molecule is Cc1c(-c2ccccc2)nn(-c2nc(C(=O)O)cs2)c1-c1ccc(COCI)cc1. The first-order valence-corrected chi connectivity index (χ1v) is 11.6. The Morgan fingerprint density at radius 1 is 1.13 bits per heavy atom. The van der Waals surface area contributed by atoms with E-state index in [0.29, 0.717) is 16.4 Å². The van der Waals surface area contributed by atoms with Gasteiger partial charge in [0.2, 0.25) is 5.13 Å². The normalized spacial score (nSPS) is 11.0. The second-order valence-corrected chi connectivity index (χ2v) is 8.03. The molecular weight excluding hydrogens is 513 g/mol. The molecule has 2 aromatic carbocycles. The number of benzene rings is 2. The van der Waals surface area contributed by atoms with Gasteiger partial charge in [0.15, 0.2) is 5.69 Å². The van der Waals surface area contributed by atoms with Crippen LogP contribution in [0.4, 0.5) is 0 Å². The van der Waals surface area contributed by atoms with Crippen LogP contribution in [-0.2, 0) is 11.3 Å². The number of rotatable bonds is 7. The van der Waals surface area contributed by atoms with Gasteiger partial charge in [0.25, 0.3) is 0 Å². The molecule has 0 saturated carbocycles. The van der Waals surface area contributed by atoms with Gasteiger partial charge in [0.1, 0.15) is 0 Å². The number of ether oxygens (including phenoxy) is 1. The summed E-state index contributed by atoms with van der Waals surface area (Å²) in [5, 5.41) is 16.1. The van der Waals surface area contributed by atoms with Crippen LogP contribution in [-0.4, -0.2) is 30.5 Å². The lowest BCUT2D eigenvalue weighted by Gasteiger charge is -2.07. The first-order valence-electron chi connectivity index (χ1n) is 9.15. The molecule has 0 amide bonds. The Kier molecular flexibility index (Phi) is 6.26. The van der Waals surface area contributed by atoms with Gasteiger partial charge < -0.3 is 9.84 Å². The molecular formula is C22H18IN3O3S. The van der Waals surface area contributed by atoms with Crippen LogP contribution in [0.25, 0.3) is 27.6 Å². The Hall–Kier alpha value is -2.56. The van der Waals surface area contributed by atoms with Crippen molar-refractivity contribution in [3.8, 4) is 27.6 Å². The van der Waals surface area contributed by atoms with Gasteiger partial charge >= 0.3 is 5.97 Å². The second-order valence-electron chi connectivity index (χ2n) is 6.58. The Bertz CT molecular complexity index is 1170. The molecule has 0 saturated heterocycles. The maximum atomic E-state index is 11.3. The average molecular weight is 531 g/mol. The lowest BCUT2D eigenvalue weighted by molar-refractivity contribution is 0.0691. The van der Waals surface area contributed by atoms with Crippen molar-refractivity contribution in [2.75, 3.05) is 4.61 Å². The predicted molar refractivity (Wildman–Crippen MR) is 125 cm³/mol. The highest BCUT2D eigenvalue weighted by Gasteiger charge is 2.21. The van der Waals surface area contributed by atoms with Crippen LogP contribution in [0.1, 0.15) is 21.6 Å². The van der Waals surface area contributed by atoms with Crippen LogP contribution < -0.4 is 0 Å². The van der Waals surface area contributed by atoms with Crippen LogP contribution >= 0.6 is 33.9 Å². The molecule has 0 unspecified atom stereocenters. The van der Waals surface area contributed by atoms with Crippen LogP contribution in [0.2, 0.25) is 0 Å². The zero-order valence-electron chi connectivity index (χ0n) is 16.1. The van der Waals surface area contributed by atoms with Crippen LogP contribution in [0.3, 0.4) is 0 Å². The highest BCUT2D eigenvalue weighted by Crippen LogP contribution is 2.34. The molecule has 30 heavy (non-hydrogen) atoms. The first-order chi connectivity index (χ1) is 14.6. The molecule has 0 bridgehead atoms. The minimum Gasteiger partial charge on any atom is -0.476 e. The highest BCUT2D eigenvalue weighted by atomic mass is 127. The topological polar surface area (TPSA) is 77.2 Å². The number of carboxylic acid groups (broad SMARTS) is 1. The number of thiazole rings is 1. The number of hydrogen-bond acceptors (Lipinski definition) is 5. The van der Waals surface area contributed by atoms with Crippen molar-refractivity contribution in [2.24, 2.45) is 0 Å². The van der Waals surface area contributed by atoms with Crippen molar-refractivity contribution in [2.45, 2.75) is 13.5 Å². The number of carbonyl (C=O) groups is 1. The molecule has 0 atom stereocenters. The number of carboxylic acids is 1. The standard InChI is InChI=1S/C22H18IN3O3S/c1-14-19(16-5-3-2-4-6-16)25-26(22-24-18(12-30-22)21(27)28)20(14)17-9-7-15(8-10-17)11-29-13-23/h2-10,12H,11,13H2,1H3,(H,27,28). The zero-order valence-corrected chi connectivity index (χ0v) is 19.1. The van der Waals surface area contributed by atoms with Gasteiger partial charge in [0.05, 0.1) is 22.6 Å². The molecule has 4 aromatic rings. The summed E-state index contributed by atoms with van der Waals surface area (Å²) >= 11 is 3.44. The lowest BCUT2D eigenvalue weighted by Crippen LogP contribution is -2.02. The Morgan fingerprint density at radius 2 is 1.87 bits per heavy atom. The fraction of sp³-hybridized carbons (Fsp3) is 0.136. The maximum absolute atomic E-state index is 11.3. The Morgan fingerprint density at radius 3 is 2.50 bits per heavy atom. The number of nitrogens with zero attached hydrogens (tertiary/aromatic N) is 3. The maximum Gasteiger partial charge on any atom is 0.355 e. The third kappa shape index (κ3) is 4.16. The molecule has 6 nitrogen and oxygen atoms in total. The quantitative estimate of drug-likeness (QED) is 0.249. The smallest absolute Gasteiger partial charge is 0.355 e. The summed E-state index contributed by atoms with van der Waals surface area (Å²) in [6.45, 7) is 2.59. The molecule has 0 spiro atoms. The Labute approximate surface area is 191 Å². The number of aromatic carboxylic acids is 1. The molecule has 0 aliphatic rings. The van der Waals surface area contributed by atoms with E-state index < -0.39 is 5.97 Å². The van der Waals surface area contributed by atoms with E-state index in [0.717, 1.165) is 33.6 Å². The van der Waals surface area contributed by atoms with E-state index in [4.69, 9.17) is 9.84 Å². The minimum absolute atomic E-state index is 0.0154. The number of alkyl halides is 1. The van der Waals surface area contributed by atoms with Gasteiger partial charge in [0, 0.05) is 22.1 Å². The molecule has 0 radical (unpaired) electrons. The van der Waals surface area contributed by atoms with Gasteiger partial charge in [-0.3, -0.25) is 0 Å². The van der Waals surface area contributed by atoms with Crippen LogP contribution in [0.15, 0.2) is 60.0 Å². The number of aromatic nitrogens is 3. The van der Waals surface area contributed by atoms with Gasteiger partial charge in [-0.2, -0.15) is 5.10 Å². The predicted octanol–water partition coefficient (Wildman–Crippen LogP) is 5.58. The lowest BCUT2D eigenvalue weighted by atomic mass is 10.0. The molecule has 2 aromatic heterocycles. The van der Waals surface area contributed by atoms with Gasteiger partial charge in [-0.25, -0.2) is 14.5 Å². The van der Waals surface area contributed by atoms with Crippen LogP contribution in [0.5, 0.6) is 0 Å². The summed E-state index contributed by atoms with van der Waals surface area (Å²) in [4.78, 5) is 15.6. The van der Waals surface area contributed by atoms with Gasteiger partial charge in [-0.15, -0.1) is 11.3 Å². The first kappa shape index (κ1) is 20.7. The molecule has 0 fully saturated rings. The summed E-state index contributed by atoms with van der Waals surface area (Å²) < 4.78 is 7.86. The molecule has 152 valence electrons. The Balaban J connectivity index is 1.84. The fourth-order valence-corrected chi connectivity index (χ4v) is 4.19. The van der Waals surface area contributed by atoms with E-state index in [1.165, 1.54) is 16.7 Å². The van der Waals surface area contributed by atoms with Crippen LogP contribution in [0, 0.1) is 6.92 Å². The molecule has 2 heterocycles. The van der Waals surface area contributed by atoms with E-state index in [1.807, 2.05) is 61.5 Å². The fourth-order valence-electron chi connectivity index (χ4n) is 3.22. The molecule has 0 aliphatic heterocycles. The van der Waals surface area contributed by atoms with E-state index >= 15 is 0 Å². The van der Waals surface area contributed by atoms with E-state index in [2.05, 4.69) is 27.6 Å². The second kappa shape index (κ2) is 9.07. The molecule has 8 heteroatoms. The summed E-state index contributed by atoms with van der Waals surface area (Å²) in [5.74, 6) is -1.05. The summed E-state index contributed by atoms with van der Waals surface area (Å²) in [6, 6.07) is 18.1. The number of halogens is 1. The van der Waals surface area contributed by atoms with Crippen molar-refractivity contribution in [3.05, 3.63) is 76.8 Å². The van der Waals surface area contributed by atoms with Crippen molar-refractivity contribution in [1.29, 1.82) is 0 Å². The largest absolute Gasteiger partial charge is 0.476 e. The highest BCUT2D eigenvalue weighted by molar-refractivity contribution is 14.1. The summed E-state index contributed by atoms with van der Waals surface area (Å²) in [6.07, 6.45) is 0. The van der Waals surface area contributed by atoms with E-state index in [9.17, 15) is 9.90 Å². The summed E-state index contributed by atoms with van der Waals surface area (Å²) in [7, 11) is 0. The van der Waals surface area contributed by atoms with Crippen molar-refractivity contribution in [1.82, 2.24) is 14.8 Å². The molecule has 4 rings (SSSR count). The average Bonchev–Trinajstić information content (AvgIpc) is 3.38. The summed E-state index contributed by atoms with van der Waals surface area (Å²) in [5.41, 5.74) is 5.82. The zero-order chi connectivity index (χ0) is 21.1. The minimum atomic E-state index is -1.05. The van der Waals surface area contributed by atoms with Crippen molar-refractivity contribution >= 4 is 39.9 Å². The third-order valence-corrected chi connectivity index (χ3v) is 5.89. The number of hydrogen-bond donors (Lipinski definition) is 1. The van der Waals surface area contributed by atoms with E-state index in [1.54, 1.807) is 4.68 Å². The van der Waals surface area contributed by atoms with Gasteiger partial charge in [-0.1, -0.05) is 77.2 Å². The van der Waals surface area contributed by atoms with Crippen molar-refractivity contribution < 1.29 is 14.6 Å². The third-order valence-electron chi connectivity index (χ3n) is 4.64. The molecule has 0 aliphatic carbocycles. The van der Waals surface area contributed by atoms with Gasteiger partial charge in [-0.05, 0) is 12.5 Å². The van der Waals surface area contributed by atoms with Crippen molar-refractivity contribution in [3.63, 3.8) is 0 Å². The molecule has 1 N–H and O–H groups in total.